The van der Waals surface area contributed by atoms with Gasteiger partial charge in [-0.15, -0.1) is 0 Å². The smallest absolute Gasteiger partial charge is 0.242 e. The van der Waals surface area contributed by atoms with Gasteiger partial charge in [0.1, 0.15) is 6.04 Å². The third kappa shape index (κ3) is 5.44. The lowest BCUT2D eigenvalue weighted by atomic mass is 10.2. The number of Topliss-reactive ketones (excluding diaryl/α,β-unsaturated/α-hetero) is 1. The molecule has 0 fully saturated rings. The summed E-state index contributed by atoms with van der Waals surface area (Å²) in [6, 6.07) is -1.57. The van der Waals surface area contributed by atoms with Crippen LogP contribution in [0.15, 0.2) is 0 Å². The van der Waals surface area contributed by atoms with Crippen LogP contribution in [0.1, 0.15) is 27.7 Å². The molecule has 0 saturated heterocycles. The van der Waals surface area contributed by atoms with Gasteiger partial charge in [0.05, 0.1) is 12.1 Å². The van der Waals surface area contributed by atoms with Crippen molar-refractivity contribution < 1.29 is 14.4 Å². The Labute approximate surface area is 102 Å². The Morgan fingerprint density at radius 1 is 0.824 bits per heavy atom. The van der Waals surface area contributed by atoms with Crippen molar-refractivity contribution in [2.75, 3.05) is 7.05 Å². The largest absolute Gasteiger partial charge is 0.345 e. The predicted molar refractivity (Wildman–Crippen MR) is 64.4 cm³/mol. The number of rotatable bonds is 6. The van der Waals surface area contributed by atoms with Gasteiger partial charge in [0.2, 0.25) is 11.8 Å². The fourth-order valence-corrected chi connectivity index (χ4v) is 0.975. The molecule has 0 aromatic rings. The van der Waals surface area contributed by atoms with E-state index in [1.165, 1.54) is 6.92 Å². The van der Waals surface area contributed by atoms with Crippen molar-refractivity contribution in [2.45, 2.75) is 45.8 Å². The van der Waals surface area contributed by atoms with Crippen LogP contribution in [0.25, 0.3) is 0 Å². The Kier molecular flexibility index (Phi) is 6.42. The second kappa shape index (κ2) is 7.01. The molecule has 3 unspecified atom stereocenters. The maximum absolute atomic E-state index is 11.6. The molecule has 0 rings (SSSR count). The van der Waals surface area contributed by atoms with Gasteiger partial charge in [-0.05, 0) is 34.7 Å². The monoisotopic (exact) mass is 243 g/mol. The van der Waals surface area contributed by atoms with Gasteiger partial charge in [-0.2, -0.15) is 0 Å². The van der Waals surface area contributed by atoms with Crippen molar-refractivity contribution in [1.82, 2.24) is 16.0 Å². The predicted octanol–water partition coefficient (Wildman–Crippen LogP) is -0.807. The van der Waals surface area contributed by atoms with Crippen molar-refractivity contribution >= 4 is 17.6 Å². The van der Waals surface area contributed by atoms with Gasteiger partial charge in [0, 0.05) is 0 Å². The highest BCUT2D eigenvalue weighted by molar-refractivity contribution is 5.92. The van der Waals surface area contributed by atoms with Crippen molar-refractivity contribution in [3.8, 4) is 0 Å². The van der Waals surface area contributed by atoms with E-state index >= 15 is 0 Å². The van der Waals surface area contributed by atoms with Gasteiger partial charge in [0.15, 0.2) is 5.78 Å². The molecule has 0 aliphatic rings. The number of hydrogen-bond donors (Lipinski definition) is 3. The Hall–Kier alpha value is -1.43. The molecule has 2 amide bonds. The number of amides is 2. The normalized spacial score (nSPS) is 15.6. The van der Waals surface area contributed by atoms with E-state index in [2.05, 4.69) is 16.0 Å². The third-order valence-corrected chi connectivity index (χ3v) is 2.55. The average molecular weight is 243 g/mol. The summed E-state index contributed by atoms with van der Waals surface area (Å²) in [6.45, 7) is 6.27. The maximum atomic E-state index is 11.6. The number of ketones is 1. The Morgan fingerprint density at radius 3 is 1.65 bits per heavy atom. The number of hydrogen-bond acceptors (Lipinski definition) is 4. The first-order valence-electron chi connectivity index (χ1n) is 5.58. The lowest BCUT2D eigenvalue weighted by Crippen LogP contribution is -2.52. The number of likely N-dealkylation sites (N-methyl/N-ethyl adjacent to an activating group) is 1. The highest BCUT2D eigenvalue weighted by atomic mass is 16.2. The van der Waals surface area contributed by atoms with Crippen molar-refractivity contribution in [2.24, 2.45) is 0 Å². The molecule has 0 aromatic heterocycles. The lowest BCUT2D eigenvalue weighted by molar-refractivity contribution is -0.131. The van der Waals surface area contributed by atoms with Crippen LogP contribution >= 0.6 is 0 Å². The van der Waals surface area contributed by atoms with Crippen LogP contribution in [0.3, 0.4) is 0 Å². The summed E-state index contributed by atoms with van der Waals surface area (Å²) in [6.07, 6.45) is 0. The van der Waals surface area contributed by atoms with Crippen molar-refractivity contribution in [3.05, 3.63) is 0 Å². The fourth-order valence-electron chi connectivity index (χ4n) is 0.975. The standard InChI is InChI=1S/C11H21N3O3/c1-6(9(4)15)13-11(17)8(3)14-10(16)7(2)12-5/h6-8,12H,1-5H3,(H,13,17)(H,14,16). The molecule has 0 aliphatic heterocycles. The maximum Gasteiger partial charge on any atom is 0.242 e. The molecule has 98 valence electrons. The Balaban J connectivity index is 4.23. The van der Waals surface area contributed by atoms with Gasteiger partial charge in [-0.25, -0.2) is 0 Å². The molecule has 0 heterocycles. The molecule has 0 bridgehead atoms. The molecule has 6 nitrogen and oxygen atoms in total. The van der Waals surface area contributed by atoms with Gasteiger partial charge >= 0.3 is 0 Å². The topological polar surface area (TPSA) is 87.3 Å². The molecule has 0 aromatic carbocycles. The van der Waals surface area contributed by atoms with E-state index in [-0.39, 0.29) is 23.6 Å². The first kappa shape index (κ1) is 15.6. The average Bonchev–Trinajstić information content (AvgIpc) is 2.27. The van der Waals surface area contributed by atoms with Crippen LogP contribution in [0.2, 0.25) is 0 Å². The summed E-state index contributed by atoms with van der Waals surface area (Å²) >= 11 is 0. The van der Waals surface area contributed by atoms with E-state index in [9.17, 15) is 14.4 Å². The number of nitrogens with one attached hydrogen (secondary N) is 3. The highest BCUT2D eigenvalue weighted by Crippen LogP contribution is 1.90. The first-order chi connectivity index (χ1) is 7.79. The van der Waals surface area contributed by atoms with Crippen LogP contribution in [0.4, 0.5) is 0 Å². The number of carbonyl (C=O) groups is 3. The Morgan fingerprint density at radius 2 is 1.24 bits per heavy atom. The zero-order valence-corrected chi connectivity index (χ0v) is 11.0. The molecular formula is C11H21N3O3. The van der Waals surface area contributed by atoms with Crippen molar-refractivity contribution in [3.63, 3.8) is 0 Å². The van der Waals surface area contributed by atoms with E-state index in [1.807, 2.05) is 0 Å². The van der Waals surface area contributed by atoms with Gasteiger partial charge in [-0.1, -0.05) is 0 Å². The van der Waals surface area contributed by atoms with Crippen LogP contribution in [0, 0.1) is 0 Å². The molecule has 17 heavy (non-hydrogen) atoms. The summed E-state index contributed by atoms with van der Waals surface area (Å²) < 4.78 is 0. The highest BCUT2D eigenvalue weighted by Gasteiger charge is 2.20. The summed E-state index contributed by atoms with van der Waals surface area (Å²) in [5, 5.41) is 7.84. The lowest BCUT2D eigenvalue weighted by Gasteiger charge is -2.18. The first-order valence-corrected chi connectivity index (χ1v) is 5.58. The molecule has 3 N–H and O–H groups in total. The van der Waals surface area contributed by atoms with E-state index in [1.54, 1.807) is 27.8 Å². The van der Waals surface area contributed by atoms with E-state index in [0.29, 0.717) is 0 Å². The summed E-state index contributed by atoms with van der Waals surface area (Å²) in [4.78, 5) is 34.1. The molecule has 0 spiro atoms. The van der Waals surface area contributed by atoms with Crippen LogP contribution < -0.4 is 16.0 Å². The second-order valence-corrected chi connectivity index (χ2v) is 4.08. The Bertz CT molecular complexity index is 304. The van der Waals surface area contributed by atoms with E-state index < -0.39 is 12.1 Å². The number of carbonyl (C=O) groups excluding carboxylic acids is 3. The molecule has 6 heteroatoms. The molecular weight excluding hydrogens is 222 g/mol. The minimum atomic E-state index is -0.667. The van der Waals surface area contributed by atoms with Gasteiger partial charge in [-0.3, -0.25) is 14.4 Å². The SMILES string of the molecule is CNC(C)C(=O)NC(C)C(=O)NC(C)C(C)=O. The van der Waals surface area contributed by atoms with E-state index in [4.69, 9.17) is 0 Å². The minimum Gasteiger partial charge on any atom is -0.345 e. The molecule has 0 aliphatic carbocycles. The van der Waals surface area contributed by atoms with E-state index in [0.717, 1.165) is 0 Å². The minimum absolute atomic E-state index is 0.125. The third-order valence-electron chi connectivity index (χ3n) is 2.55. The molecule has 0 radical (unpaired) electrons. The summed E-state index contributed by atoms with van der Waals surface area (Å²) in [5.41, 5.74) is 0. The second-order valence-electron chi connectivity index (χ2n) is 4.08. The fraction of sp³-hybridized carbons (Fsp3) is 0.727. The zero-order chi connectivity index (χ0) is 13.6. The summed E-state index contributed by atoms with van der Waals surface area (Å²) in [5.74, 6) is -0.754. The van der Waals surface area contributed by atoms with Crippen LogP contribution in [0.5, 0.6) is 0 Å². The van der Waals surface area contributed by atoms with Crippen LogP contribution in [-0.4, -0.2) is 42.8 Å². The summed E-state index contributed by atoms with van der Waals surface area (Å²) in [7, 11) is 1.66. The van der Waals surface area contributed by atoms with Gasteiger partial charge < -0.3 is 16.0 Å². The van der Waals surface area contributed by atoms with Crippen molar-refractivity contribution in [1.29, 1.82) is 0 Å². The quantitative estimate of drug-likeness (QED) is 0.569. The van der Waals surface area contributed by atoms with Gasteiger partial charge in [0.25, 0.3) is 0 Å². The molecule has 3 atom stereocenters. The molecule has 0 saturated carbocycles. The van der Waals surface area contributed by atoms with Crippen LogP contribution in [-0.2, 0) is 14.4 Å². The zero-order valence-electron chi connectivity index (χ0n) is 11.0.